The molecule has 0 amide bonds. The molecule has 0 spiro atoms. The number of nitrogens with one attached hydrogen (secondary N) is 3. The van der Waals surface area contributed by atoms with Gasteiger partial charge in [0.15, 0.2) is 5.96 Å². The molecule has 0 saturated carbocycles. The standard InChI is InChI=1S/C20H22FN5.HI/c1-2-22-20(24-12-15-7-6-10-17(21)11-15)25-14-19-23-13-18(26-19)16-8-4-3-5-9-16;/h3-11,13H,2,12,14H2,1H3,(H,23,26)(H2,22,24,25);1H. The Bertz CT molecular complexity index is 864. The quantitative estimate of drug-likeness (QED) is 0.284. The number of aliphatic imine (C=N–C) groups is 1. The minimum Gasteiger partial charge on any atom is -0.357 e. The zero-order valence-electron chi connectivity index (χ0n) is 15.1. The molecule has 0 fully saturated rings. The summed E-state index contributed by atoms with van der Waals surface area (Å²) in [6, 6.07) is 16.5. The molecule has 1 heterocycles. The molecular weight excluding hydrogens is 456 g/mol. The number of rotatable bonds is 6. The van der Waals surface area contributed by atoms with Crippen molar-refractivity contribution in [2.24, 2.45) is 4.99 Å². The molecule has 0 saturated heterocycles. The molecular formula is C20H23FIN5. The van der Waals surface area contributed by atoms with E-state index < -0.39 is 0 Å². The first-order chi connectivity index (χ1) is 12.7. The van der Waals surface area contributed by atoms with Crippen molar-refractivity contribution >= 4 is 29.9 Å². The normalized spacial score (nSPS) is 11.0. The maximum atomic E-state index is 13.3. The van der Waals surface area contributed by atoms with Gasteiger partial charge in [0, 0.05) is 6.54 Å². The zero-order valence-corrected chi connectivity index (χ0v) is 17.4. The molecule has 0 unspecified atom stereocenters. The van der Waals surface area contributed by atoms with Gasteiger partial charge in [-0.3, -0.25) is 0 Å². The minimum atomic E-state index is -0.250. The lowest BCUT2D eigenvalue weighted by molar-refractivity contribution is 0.625. The van der Waals surface area contributed by atoms with Crippen LogP contribution in [0.3, 0.4) is 0 Å². The van der Waals surface area contributed by atoms with Gasteiger partial charge in [-0.1, -0.05) is 42.5 Å². The van der Waals surface area contributed by atoms with E-state index in [2.05, 4.69) is 25.6 Å². The predicted octanol–water partition coefficient (Wildman–Crippen LogP) is 4.09. The highest BCUT2D eigenvalue weighted by molar-refractivity contribution is 14.0. The van der Waals surface area contributed by atoms with Gasteiger partial charge in [-0.05, 0) is 30.2 Å². The van der Waals surface area contributed by atoms with Crippen LogP contribution < -0.4 is 10.6 Å². The SMILES string of the molecule is CCNC(=NCc1cccc(F)c1)NCc1ncc(-c2ccccc2)[nH]1.I. The highest BCUT2D eigenvalue weighted by atomic mass is 127. The Balaban J connectivity index is 0.00000261. The molecule has 3 aromatic rings. The van der Waals surface area contributed by atoms with Gasteiger partial charge in [0.2, 0.25) is 0 Å². The fraction of sp³-hybridized carbons (Fsp3) is 0.200. The lowest BCUT2D eigenvalue weighted by Crippen LogP contribution is -2.37. The third-order valence-corrected chi connectivity index (χ3v) is 3.79. The molecule has 1 aromatic heterocycles. The lowest BCUT2D eigenvalue weighted by Gasteiger charge is -2.10. The molecule has 0 aliphatic carbocycles. The second kappa shape index (κ2) is 10.7. The van der Waals surface area contributed by atoms with Crippen molar-refractivity contribution in [3.8, 4) is 11.3 Å². The molecule has 0 aliphatic heterocycles. The first kappa shape index (κ1) is 20.9. The maximum absolute atomic E-state index is 13.3. The van der Waals surface area contributed by atoms with Crippen molar-refractivity contribution in [3.05, 3.63) is 78.0 Å². The first-order valence-corrected chi connectivity index (χ1v) is 8.60. The summed E-state index contributed by atoms with van der Waals surface area (Å²) in [4.78, 5) is 12.2. The van der Waals surface area contributed by atoms with E-state index in [1.807, 2.05) is 49.5 Å². The number of benzene rings is 2. The van der Waals surface area contributed by atoms with Gasteiger partial charge in [0.25, 0.3) is 0 Å². The predicted molar refractivity (Wildman–Crippen MR) is 117 cm³/mol. The summed E-state index contributed by atoms with van der Waals surface area (Å²) in [5.74, 6) is 1.23. The maximum Gasteiger partial charge on any atom is 0.191 e. The van der Waals surface area contributed by atoms with Crippen LogP contribution in [0.25, 0.3) is 11.3 Å². The molecule has 0 bridgehead atoms. The number of aromatic amines is 1. The Labute approximate surface area is 175 Å². The van der Waals surface area contributed by atoms with Crippen LogP contribution in [0, 0.1) is 5.82 Å². The number of aromatic nitrogens is 2. The van der Waals surface area contributed by atoms with Gasteiger partial charge < -0.3 is 15.6 Å². The average Bonchev–Trinajstić information content (AvgIpc) is 3.14. The molecule has 27 heavy (non-hydrogen) atoms. The molecule has 0 aliphatic rings. The summed E-state index contributed by atoms with van der Waals surface area (Å²) in [6.07, 6.45) is 1.82. The number of H-pyrrole nitrogens is 1. The second-order valence-corrected chi connectivity index (χ2v) is 5.79. The number of hydrogen-bond donors (Lipinski definition) is 3. The zero-order chi connectivity index (χ0) is 18.2. The van der Waals surface area contributed by atoms with E-state index in [-0.39, 0.29) is 29.8 Å². The average molecular weight is 479 g/mol. The van der Waals surface area contributed by atoms with Crippen LogP contribution in [-0.2, 0) is 13.1 Å². The Morgan fingerprint density at radius 1 is 1.11 bits per heavy atom. The summed E-state index contributed by atoms with van der Waals surface area (Å²) >= 11 is 0. The van der Waals surface area contributed by atoms with E-state index in [9.17, 15) is 4.39 Å². The molecule has 3 rings (SSSR count). The van der Waals surface area contributed by atoms with Crippen molar-refractivity contribution in [3.63, 3.8) is 0 Å². The lowest BCUT2D eigenvalue weighted by atomic mass is 10.2. The van der Waals surface area contributed by atoms with E-state index in [1.54, 1.807) is 6.07 Å². The van der Waals surface area contributed by atoms with Crippen LogP contribution in [-0.4, -0.2) is 22.5 Å². The van der Waals surface area contributed by atoms with Gasteiger partial charge in [-0.2, -0.15) is 0 Å². The van der Waals surface area contributed by atoms with E-state index >= 15 is 0 Å². The minimum absolute atomic E-state index is 0. The molecule has 3 N–H and O–H groups in total. The first-order valence-electron chi connectivity index (χ1n) is 8.60. The topological polar surface area (TPSA) is 65.1 Å². The van der Waals surface area contributed by atoms with Crippen molar-refractivity contribution in [2.75, 3.05) is 6.54 Å². The second-order valence-electron chi connectivity index (χ2n) is 5.79. The van der Waals surface area contributed by atoms with Crippen LogP contribution in [0.2, 0.25) is 0 Å². The highest BCUT2D eigenvalue weighted by Gasteiger charge is 2.04. The van der Waals surface area contributed by atoms with Crippen molar-refractivity contribution < 1.29 is 4.39 Å². The smallest absolute Gasteiger partial charge is 0.191 e. The number of nitrogens with zero attached hydrogens (tertiary/aromatic N) is 2. The molecule has 142 valence electrons. The van der Waals surface area contributed by atoms with Gasteiger partial charge >= 0.3 is 0 Å². The van der Waals surface area contributed by atoms with E-state index in [0.717, 1.165) is 29.2 Å². The Hall–Kier alpha value is -2.42. The number of imidazole rings is 1. The molecule has 0 radical (unpaired) electrons. The third-order valence-electron chi connectivity index (χ3n) is 3.79. The van der Waals surface area contributed by atoms with E-state index in [0.29, 0.717) is 19.0 Å². The monoisotopic (exact) mass is 479 g/mol. The molecule has 7 heteroatoms. The van der Waals surface area contributed by atoms with Crippen LogP contribution in [0.4, 0.5) is 4.39 Å². The number of guanidine groups is 1. The summed E-state index contributed by atoms with van der Waals surface area (Å²) in [7, 11) is 0. The third kappa shape index (κ3) is 6.35. The Morgan fingerprint density at radius 3 is 2.67 bits per heavy atom. The highest BCUT2D eigenvalue weighted by Crippen LogP contribution is 2.15. The fourth-order valence-electron chi connectivity index (χ4n) is 2.53. The van der Waals surface area contributed by atoms with Crippen molar-refractivity contribution in [1.29, 1.82) is 0 Å². The van der Waals surface area contributed by atoms with Crippen molar-refractivity contribution in [2.45, 2.75) is 20.0 Å². The summed E-state index contributed by atoms with van der Waals surface area (Å²) < 4.78 is 13.3. The van der Waals surface area contributed by atoms with Crippen LogP contribution in [0.5, 0.6) is 0 Å². The van der Waals surface area contributed by atoms with E-state index in [1.165, 1.54) is 12.1 Å². The number of halogens is 2. The van der Waals surface area contributed by atoms with Crippen LogP contribution in [0.15, 0.2) is 65.8 Å². The van der Waals surface area contributed by atoms with Crippen molar-refractivity contribution in [1.82, 2.24) is 20.6 Å². The summed E-state index contributed by atoms with van der Waals surface area (Å²) in [5, 5.41) is 6.42. The van der Waals surface area contributed by atoms with Gasteiger partial charge in [0.05, 0.1) is 25.0 Å². The van der Waals surface area contributed by atoms with E-state index in [4.69, 9.17) is 0 Å². The Kier molecular flexibility index (Phi) is 8.25. The molecule has 5 nitrogen and oxygen atoms in total. The van der Waals surface area contributed by atoms with Gasteiger partial charge in [0.1, 0.15) is 11.6 Å². The summed E-state index contributed by atoms with van der Waals surface area (Å²) in [6.45, 7) is 3.66. The molecule has 2 aromatic carbocycles. The summed E-state index contributed by atoms with van der Waals surface area (Å²) in [5.41, 5.74) is 2.90. The van der Waals surface area contributed by atoms with Gasteiger partial charge in [-0.25, -0.2) is 14.4 Å². The fourth-order valence-corrected chi connectivity index (χ4v) is 2.53. The van der Waals surface area contributed by atoms with Crippen LogP contribution >= 0.6 is 24.0 Å². The largest absolute Gasteiger partial charge is 0.357 e. The number of hydrogen-bond acceptors (Lipinski definition) is 2. The van der Waals surface area contributed by atoms with Gasteiger partial charge in [-0.15, -0.1) is 24.0 Å². The molecule has 0 atom stereocenters. The van der Waals surface area contributed by atoms with Crippen LogP contribution in [0.1, 0.15) is 18.3 Å². The Morgan fingerprint density at radius 2 is 1.93 bits per heavy atom.